The van der Waals surface area contributed by atoms with E-state index in [0.717, 1.165) is 11.3 Å². The van der Waals surface area contributed by atoms with Crippen LogP contribution in [0.1, 0.15) is 11.1 Å². The third kappa shape index (κ3) is 2.81. The van der Waals surface area contributed by atoms with E-state index in [9.17, 15) is 13.7 Å². The highest BCUT2D eigenvalue weighted by Gasteiger charge is 2.29. The van der Waals surface area contributed by atoms with Crippen molar-refractivity contribution in [2.24, 2.45) is 0 Å². The number of para-hydroxylation sites is 1. The number of anilines is 1. The highest BCUT2D eigenvalue weighted by Crippen LogP contribution is 2.28. The van der Waals surface area contributed by atoms with Crippen LogP contribution in [-0.2, 0) is 16.6 Å². The largest absolute Gasteiger partial charge is 0.373 e. The Morgan fingerprint density at radius 2 is 1.74 bits per heavy atom. The van der Waals surface area contributed by atoms with Crippen molar-refractivity contribution in [2.75, 3.05) is 25.0 Å². The Hall–Kier alpha value is -2.36. The molecule has 0 saturated heterocycles. The summed E-state index contributed by atoms with van der Waals surface area (Å²) in [5, 5.41) is 9.19. The number of benzene rings is 2. The highest BCUT2D eigenvalue weighted by molar-refractivity contribution is 7.89. The smallest absolute Gasteiger partial charge is 0.244 e. The van der Waals surface area contributed by atoms with Crippen LogP contribution in [0, 0.1) is 11.3 Å². The fraction of sp³-hybridized carbons (Fsp3) is 0.235. The van der Waals surface area contributed by atoms with Gasteiger partial charge in [0.1, 0.15) is 6.07 Å². The molecular weight excluding hydrogens is 310 g/mol. The van der Waals surface area contributed by atoms with E-state index < -0.39 is 10.0 Å². The van der Waals surface area contributed by atoms with Crippen molar-refractivity contribution in [3.05, 3.63) is 59.7 Å². The molecule has 0 aromatic heterocycles. The van der Waals surface area contributed by atoms with Gasteiger partial charge in [0, 0.05) is 32.4 Å². The lowest BCUT2D eigenvalue weighted by molar-refractivity contribution is 0.420. The van der Waals surface area contributed by atoms with E-state index in [2.05, 4.69) is 4.90 Å². The van der Waals surface area contributed by atoms with Crippen LogP contribution in [0.3, 0.4) is 0 Å². The summed E-state index contributed by atoms with van der Waals surface area (Å²) in [7, 11) is -1.75. The predicted molar refractivity (Wildman–Crippen MR) is 88.5 cm³/mol. The Labute approximate surface area is 136 Å². The summed E-state index contributed by atoms with van der Waals surface area (Å²) in [6.45, 7) is 1.29. The molecule has 1 aliphatic heterocycles. The lowest BCUT2D eigenvalue weighted by Gasteiger charge is -2.21. The summed E-state index contributed by atoms with van der Waals surface area (Å²) >= 11 is 0. The minimum absolute atomic E-state index is 0.0736. The third-order valence-corrected chi connectivity index (χ3v) is 5.96. The SMILES string of the molecule is CN1CCN(S(=O)(=O)c2ccccc2C#N)Cc2ccccc21. The van der Waals surface area contributed by atoms with E-state index in [1.807, 2.05) is 37.4 Å². The number of rotatable bonds is 2. The van der Waals surface area contributed by atoms with Crippen molar-refractivity contribution in [1.82, 2.24) is 4.31 Å². The molecule has 0 spiro atoms. The van der Waals surface area contributed by atoms with Gasteiger partial charge in [0.05, 0.1) is 10.5 Å². The Bertz CT molecular complexity index is 871. The predicted octanol–water partition coefficient (Wildman–Crippen LogP) is 2.20. The van der Waals surface area contributed by atoms with Gasteiger partial charge in [-0.3, -0.25) is 0 Å². The average Bonchev–Trinajstić information content (AvgIpc) is 2.75. The van der Waals surface area contributed by atoms with Crippen molar-refractivity contribution in [3.63, 3.8) is 0 Å². The van der Waals surface area contributed by atoms with E-state index in [0.29, 0.717) is 19.6 Å². The zero-order valence-electron chi connectivity index (χ0n) is 12.8. The molecule has 0 unspecified atom stereocenters. The van der Waals surface area contributed by atoms with E-state index in [-0.39, 0.29) is 10.5 Å². The zero-order valence-corrected chi connectivity index (χ0v) is 13.6. The van der Waals surface area contributed by atoms with E-state index in [4.69, 9.17) is 0 Å². The highest BCUT2D eigenvalue weighted by atomic mass is 32.2. The van der Waals surface area contributed by atoms with Crippen LogP contribution in [0.5, 0.6) is 0 Å². The Kier molecular flexibility index (Phi) is 4.07. The summed E-state index contributed by atoms with van der Waals surface area (Å²) in [4.78, 5) is 2.13. The number of sulfonamides is 1. The standard InChI is InChI=1S/C17H17N3O2S/c1-19-10-11-20(13-15-7-2-4-8-16(15)19)23(21,22)17-9-5-3-6-14(17)12-18/h2-9H,10-11,13H2,1H3. The van der Waals surface area contributed by atoms with E-state index in [1.165, 1.54) is 16.4 Å². The first kappa shape index (κ1) is 15.5. The van der Waals surface area contributed by atoms with Crippen molar-refractivity contribution in [1.29, 1.82) is 5.26 Å². The van der Waals surface area contributed by atoms with Crippen LogP contribution in [-0.4, -0.2) is 32.9 Å². The summed E-state index contributed by atoms with van der Waals surface area (Å²) in [5.74, 6) is 0. The average molecular weight is 327 g/mol. The molecule has 5 nitrogen and oxygen atoms in total. The van der Waals surface area contributed by atoms with Crippen molar-refractivity contribution in [2.45, 2.75) is 11.4 Å². The molecule has 0 atom stereocenters. The monoisotopic (exact) mass is 327 g/mol. The molecule has 0 aliphatic carbocycles. The van der Waals surface area contributed by atoms with Crippen LogP contribution in [0.4, 0.5) is 5.69 Å². The first-order valence-electron chi connectivity index (χ1n) is 7.32. The second kappa shape index (κ2) is 6.03. The van der Waals surface area contributed by atoms with Crippen LogP contribution in [0.2, 0.25) is 0 Å². The third-order valence-electron chi connectivity index (χ3n) is 4.06. The second-order valence-corrected chi connectivity index (χ2v) is 7.40. The minimum Gasteiger partial charge on any atom is -0.373 e. The molecule has 6 heteroatoms. The van der Waals surface area contributed by atoms with Gasteiger partial charge in [-0.05, 0) is 23.8 Å². The van der Waals surface area contributed by atoms with Crippen LogP contribution in [0.25, 0.3) is 0 Å². The minimum atomic E-state index is -3.71. The first-order valence-corrected chi connectivity index (χ1v) is 8.76. The fourth-order valence-electron chi connectivity index (χ4n) is 2.80. The van der Waals surface area contributed by atoms with Gasteiger partial charge in [0.2, 0.25) is 10.0 Å². The number of nitriles is 1. The van der Waals surface area contributed by atoms with Gasteiger partial charge in [-0.15, -0.1) is 0 Å². The normalized spacial score (nSPS) is 15.6. The molecule has 0 N–H and O–H groups in total. The molecule has 3 rings (SSSR count). The van der Waals surface area contributed by atoms with Crippen LogP contribution >= 0.6 is 0 Å². The van der Waals surface area contributed by atoms with Crippen molar-refractivity contribution < 1.29 is 8.42 Å². The molecule has 2 aromatic rings. The van der Waals surface area contributed by atoms with Gasteiger partial charge >= 0.3 is 0 Å². The van der Waals surface area contributed by atoms with Gasteiger partial charge in [-0.1, -0.05) is 30.3 Å². The van der Waals surface area contributed by atoms with E-state index >= 15 is 0 Å². The second-order valence-electron chi connectivity index (χ2n) is 5.50. The maximum atomic E-state index is 13.0. The lowest BCUT2D eigenvalue weighted by Crippen LogP contribution is -2.34. The molecule has 0 radical (unpaired) electrons. The fourth-order valence-corrected chi connectivity index (χ4v) is 4.35. The molecule has 0 bridgehead atoms. The van der Waals surface area contributed by atoms with Crippen molar-refractivity contribution in [3.8, 4) is 6.07 Å². The van der Waals surface area contributed by atoms with Gasteiger partial charge < -0.3 is 4.90 Å². The van der Waals surface area contributed by atoms with Gasteiger partial charge in [-0.2, -0.15) is 9.57 Å². The summed E-state index contributed by atoms with van der Waals surface area (Å²) in [5.41, 5.74) is 2.18. The van der Waals surface area contributed by atoms with Crippen molar-refractivity contribution >= 4 is 15.7 Å². The molecule has 0 fully saturated rings. The molecular formula is C17H17N3O2S. The number of fused-ring (bicyclic) bond motifs is 1. The summed E-state index contributed by atoms with van der Waals surface area (Å²) in [6, 6.07) is 16.1. The Balaban J connectivity index is 2.04. The molecule has 0 amide bonds. The molecule has 2 aromatic carbocycles. The number of nitrogens with zero attached hydrogens (tertiary/aromatic N) is 3. The maximum absolute atomic E-state index is 13.0. The molecule has 1 aliphatic rings. The zero-order chi connectivity index (χ0) is 16.4. The molecule has 1 heterocycles. The molecule has 118 valence electrons. The number of likely N-dealkylation sites (N-methyl/N-ethyl adjacent to an activating group) is 1. The quantitative estimate of drug-likeness (QED) is 0.848. The summed E-state index contributed by atoms with van der Waals surface area (Å²) < 4.78 is 27.4. The Morgan fingerprint density at radius 1 is 1.04 bits per heavy atom. The Morgan fingerprint density at radius 3 is 2.52 bits per heavy atom. The topological polar surface area (TPSA) is 64.4 Å². The van der Waals surface area contributed by atoms with Gasteiger partial charge in [-0.25, -0.2) is 8.42 Å². The first-order chi connectivity index (χ1) is 11.0. The molecule has 0 saturated carbocycles. The lowest BCUT2D eigenvalue weighted by atomic mass is 10.1. The number of hydrogen-bond donors (Lipinski definition) is 0. The van der Waals surface area contributed by atoms with Crippen LogP contribution in [0.15, 0.2) is 53.4 Å². The molecule has 23 heavy (non-hydrogen) atoms. The number of hydrogen-bond acceptors (Lipinski definition) is 4. The van der Waals surface area contributed by atoms with E-state index in [1.54, 1.807) is 12.1 Å². The summed E-state index contributed by atoms with van der Waals surface area (Å²) in [6.07, 6.45) is 0. The van der Waals surface area contributed by atoms with Gasteiger partial charge in [0.25, 0.3) is 0 Å². The maximum Gasteiger partial charge on any atom is 0.244 e. The van der Waals surface area contributed by atoms with Gasteiger partial charge in [0.15, 0.2) is 0 Å². The van der Waals surface area contributed by atoms with Crippen LogP contribution < -0.4 is 4.90 Å².